The highest BCUT2D eigenvalue weighted by Crippen LogP contribution is 2.42. The molecule has 1 saturated heterocycles. The summed E-state index contributed by atoms with van der Waals surface area (Å²) in [4.78, 5) is 33.8. The quantitative estimate of drug-likeness (QED) is 0.783. The van der Waals surface area contributed by atoms with Gasteiger partial charge in [0, 0.05) is 43.7 Å². The van der Waals surface area contributed by atoms with Gasteiger partial charge in [-0.15, -0.1) is 0 Å². The predicted molar refractivity (Wildman–Crippen MR) is 108 cm³/mol. The predicted octanol–water partition coefficient (Wildman–Crippen LogP) is 1.62. The Labute approximate surface area is 168 Å². The van der Waals surface area contributed by atoms with Gasteiger partial charge in [0.25, 0.3) is 5.56 Å². The molecule has 0 atom stereocenters. The van der Waals surface area contributed by atoms with Crippen LogP contribution >= 0.6 is 0 Å². The SMILES string of the molecule is Cn1c(CC(=O)N2CC(C)(C)c3c(F)cccc32)nc(N2CCOCC2)cc1=O. The number of nitrogens with zero attached hydrogens (tertiary/aromatic N) is 4. The Balaban J connectivity index is 1.63. The Bertz CT molecular complexity index is 1010. The van der Waals surface area contributed by atoms with Gasteiger partial charge in [-0.1, -0.05) is 19.9 Å². The molecule has 0 unspecified atom stereocenters. The molecule has 1 aromatic carbocycles. The van der Waals surface area contributed by atoms with E-state index >= 15 is 0 Å². The van der Waals surface area contributed by atoms with Gasteiger partial charge in [-0.3, -0.25) is 14.2 Å². The minimum atomic E-state index is -0.481. The maximum absolute atomic E-state index is 14.4. The molecule has 2 aliphatic heterocycles. The summed E-state index contributed by atoms with van der Waals surface area (Å²) in [5.41, 5.74) is 0.453. The molecule has 7 nitrogen and oxygen atoms in total. The molecule has 1 amide bonds. The van der Waals surface area contributed by atoms with Gasteiger partial charge in [-0.05, 0) is 12.1 Å². The molecule has 8 heteroatoms. The molecule has 29 heavy (non-hydrogen) atoms. The molecule has 0 bridgehead atoms. The van der Waals surface area contributed by atoms with Crippen LogP contribution in [0.2, 0.25) is 0 Å². The summed E-state index contributed by atoms with van der Waals surface area (Å²) in [7, 11) is 1.61. The van der Waals surface area contributed by atoms with Gasteiger partial charge in [0.05, 0.1) is 25.3 Å². The fraction of sp³-hybridized carbons (Fsp3) is 0.476. The summed E-state index contributed by atoms with van der Waals surface area (Å²) < 4.78 is 21.2. The molecule has 1 aromatic heterocycles. The molecular formula is C21H25FN4O3. The molecule has 154 valence electrons. The Hall–Kier alpha value is -2.74. The van der Waals surface area contributed by atoms with E-state index in [0.29, 0.717) is 55.7 Å². The van der Waals surface area contributed by atoms with Crippen LogP contribution in [0, 0.1) is 5.82 Å². The van der Waals surface area contributed by atoms with Crippen molar-refractivity contribution in [3.63, 3.8) is 0 Å². The zero-order valence-electron chi connectivity index (χ0n) is 16.9. The molecule has 3 heterocycles. The third-order valence-electron chi connectivity index (χ3n) is 5.67. The summed E-state index contributed by atoms with van der Waals surface area (Å²) in [5, 5.41) is 0. The lowest BCUT2D eigenvalue weighted by Crippen LogP contribution is -2.39. The van der Waals surface area contributed by atoms with E-state index in [4.69, 9.17) is 4.74 Å². The minimum absolute atomic E-state index is 0.0318. The number of hydrogen-bond acceptors (Lipinski definition) is 5. The summed E-state index contributed by atoms with van der Waals surface area (Å²) >= 11 is 0. The molecule has 0 saturated carbocycles. The Morgan fingerprint density at radius 2 is 2.00 bits per heavy atom. The van der Waals surface area contributed by atoms with Crippen LogP contribution in [0.3, 0.4) is 0 Å². The van der Waals surface area contributed by atoms with Crippen molar-refractivity contribution in [1.29, 1.82) is 0 Å². The van der Waals surface area contributed by atoms with Crippen molar-refractivity contribution in [2.24, 2.45) is 7.05 Å². The first-order chi connectivity index (χ1) is 13.8. The Morgan fingerprint density at radius 3 is 2.72 bits per heavy atom. The van der Waals surface area contributed by atoms with E-state index in [0.717, 1.165) is 0 Å². The number of hydrogen-bond donors (Lipinski definition) is 0. The first-order valence-corrected chi connectivity index (χ1v) is 9.77. The van der Waals surface area contributed by atoms with Crippen LogP contribution in [0.4, 0.5) is 15.9 Å². The van der Waals surface area contributed by atoms with Crippen molar-refractivity contribution in [3.8, 4) is 0 Å². The van der Waals surface area contributed by atoms with E-state index < -0.39 is 5.41 Å². The molecule has 0 aliphatic carbocycles. The monoisotopic (exact) mass is 400 g/mol. The Kier molecular flexibility index (Phi) is 4.90. The zero-order chi connectivity index (χ0) is 20.8. The number of carbonyl (C=O) groups is 1. The fourth-order valence-corrected chi connectivity index (χ4v) is 4.11. The van der Waals surface area contributed by atoms with Gasteiger partial charge in [0.1, 0.15) is 17.5 Å². The highest BCUT2D eigenvalue weighted by Gasteiger charge is 2.40. The summed E-state index contributed by atoms with van der Waals surface area (Å²) in [6, 6.07) is 6.29. The average molecular weight is 400 g/mol. The topological polar surface area (TPSA) is 67.7 Å². The summed E-state index contributed by atoms with van der Waals surface area (Å²) in [6.07, 6.45) is -0.0318. The van der Waals surface area contributed by atoms with Crippen LogP contribution < -0.4 is 15.4 Å². The Morgan fingerprint density at radius 1 is 1.28 bits per heavy atom. The number of fused-ring (bicyclic) bond motifs is 1. The second kappa shape index (κ2) is 7.26. The molecule has 0 N–H and O–H groups in total. The van der Waals surface area contributed by atoms with Crippen LogP contribution in [0.15, 0.2) is 29.1 Å². The van der Waals surface area contributed by atoms with Crippen molar-refractivity contribution < 1.29 is 13.9 Å². The number of aromatic nitrogens is 2. The maximum Gasteiger partial charge on any atom is 0.255 e. The third-order valence-corrected chi connectivity index (χ3v) is 5.67. The smallest absolute Gasteiger partial charge is 0.255 e. The number of rotatable bonds is 3. The lowest BCUT2D eigenvalue weighted by Gasteiger charge is -2.28. The molecular weight excluding hydrogens is 375 g/mol. The second-order valence-corrected chi connectivity index (χ2v) is 8.20. The number of carbonyl (C=O) groups excluding carboxylic acids is 1. The zero-order valence-corrected chi connectivity index (χ0v) is 16.9. The maximum atomic E-state index is 14.4. The standard InChI is InChI=1S/C21H25FN4O3/c1-21(2)13-26(15-6-4-5-14(22)20(15)21)19(28)11-16-23-17(12-18(27)24(16)3)25-7-9-29-10-8-25/h4-6,12H,7-11,13H2,1-3H3. The van der Waals surface area contributed by atoms with E-state index in [1.807, 2.05) is 18.7 Å². The number of morpholine rings is 1. The van der Waals surface area contributed by atoms with Crippen LogP contribution in [-0.2, 0) is 28.4 Å². The van der Waals surface area contributed by atoms with Crippen molar-refractivity contribution in [3.05, 3.63) is 51.8 Å². The number of halogens is 1. The third kappa shape index (κ3) is 3.53. The molecule has 4 rings (SSSR count). The molecule has 1 fully saturated rings. The highest BCUT2D eigenvalue weighted by molar-refractivity contribution is 5.97. The molecule has 0 spiro atoms. The summed E-state index contributed by atoms with van der Waals surface area (Å²) in [6.45, 7) is 6.71. The van der Waals surface area contributed by atoms with Crippen molar-refractivity contribution in [2.75, 3.05) is 42.6 Å². The van der Waals surface area contributed by atoms with Gasteiger partial charge in [0.2, 0.25) is 5.91 Å². The van der Waals surface area contributed by atoms with Gasteiger partial charge in [0.15, 0.2) is 0 Å². The van der Waals surface area contributed by atoms with E-state index in [1.54, 1.807) is 24.1 Å². The molecule has 0 radical (unpaired) electrons. The van der Waals surface area contributed by atoms with Crippen LogP contribution in [0.1, 0.15) is 25.2 Å². The number of benzene rings is 1. The van der Waals surface area contributed by atoms with E-state index in [9.17, 15) is 14.0 Å². The van der Waals surface area contributed by atoms with Crippen LogP contribution in [-0.4, -0.2) is 48.3 Å². The minimum Gasteiger partial charge on any atom is -0.378 e. The molecule has 2 aliphatic rings. The van der Waals surface area contributed by atoms with E-state index in [2.05, 4.69) is 4.98 Å². The van der Waals surface area contributed by atoms with E-state index in [1.165, 1.54) is 16.7 Å². The first-order valence-electron chi connectivity index (χ1n) is 9.77. The van der Waals surface area contributed by atoms with Crippen LogP contribution in [0.5, 0.6) is 0 Å². The van der Waals surface area contributed by atoms with Gasteiger partial charge >= 0.3 is 0 Å². The van der Waals surface area contributed by atoms with E-state index in [-0.39, 0.29) is 23.7 Å². The second-order valence-electron chi connectivity index (χ2n) is 8.20. The number of amides is 1. The first kappa shape index (κ1) is 19.6. The number of ether oxygens (including phenoxy) is 1. The van der Waals surface area contributed by atoms with Gasteiger partial charge < -0.3 is 14.5 Å². The van der Waals surface area contributed by atoms with Gasteiger partial charge in [-0.25, -0.2) is 9.37 Å². The van der Waals surface area contributed by atoms with Crippen molar-refractivity contribution >= 4 is 17.4 Å². The van der Waals surface area contributed by atoms with Gasteiger partial charge in [-0.2, -0.15) is 0 Å². The average Bonchev–Trinajstić information content (AvgIpc) is 2.98. The normalized spacial score (nSPS) is 18.1. The fourth-order valence-electron chi connectivity index (χ4n) is 4.11. The molecule has 2 aromatic rings. The van der Waals surface area contributed by atoms with Crippen LogP contribution in [0.25, 0.3) is 0 Å². The highest BCUT2D eigenvalue weighted by atomic mass is 19.1. The summed E-state index contributed by atoms with van der Waals surface area (Å²) in [5.74, 6) is 0.450. The lowest BCUT2D eigenvalue weighted by atomic mass is 9.86. The lowest BCUT2D eigenvalue weighted by molar-refractivity contribution is -0.118. The number of anilines is 2. The van der Waals surface area contributed by atoms with Crippen molar-refractivity contribution in [2.45, 2.75) is 25.7 Å². The largest absolute Gasteiger partial charge is 0.378 e. The van der Waals surface area contributed by atoms with Crippen molar-refractivity contribution in [1.82, 2.24) is 9.55 Å².